The van der Waals surface area contributed by atoms with Gasteiger partial charge in [0, 0.05) is 18.6 Å². The Bertz CT molecular complexity index is 1240. The lowest BCUT2D eigenvalue weighted by Gasteiger charge is -2.56. The standard InChI is InChI=1S/C25H21Cl2N3O2/c1-15-6-5-8-19(22(15)27)29-21-14-25(16-10-12-17(26)13-11-16)23(32-2)24(31)30(25)20-9-4-3-7-18(20)28-21/h3-13,23H,14H2,1-2H3,(H,28,29). The number of aryl methyl sites for hydroxylation is 1. The minimum absolute atomic E-state index is 0.0912. The number of nitrogens with zero attached hydrogens (tertiary/aromatic N) is 2. The predicted molar refractivity (Wildman–Crippen MR) is 129 cm³/mol. The molecule has 0 aromatic heterocycles. The maximum absolute atomic E-state index is 13.2. The largest absolute Gasteiger partial charge is 0.369 e. The molecule has 0 spiro atoms. The van der Waals surface area contributed by atoms with Gasteiger partial charge >= 0.3 is 0 Å². The number of para-hydroxylation sites is 2. The van der Waals surface area contributed by atoms with Gasteiger partial charge in [-0.1, -0.05) is 59.6 Å². The van der Waals surface area contributed by atoms with Gasteiger partial charge in [-0.3, -0.25) is 9.69 Å². The molecule has 0 bridgehead atoms. The zero-order chi connectivity index (χ0) is 22.5. The monoisotopic (exact) mass is 465 g/mol. The zero-order valence-electron chi connectivity index (χ0n) is 17.6. The molecule has 1 N–H and O–H groups in total. The summed E-state index contributed by atoms with van der Waals surface area (Å²) in [6, 6.07) is 21.0. The van der Waals surface area contributed by atoms with Crippen molar-refractivity contribution in [3.05, 3.63) is 87.9 Å². The average molecular weight is 466 g/mol. The number of carbonyl (C=O) groups is 1. The Morgan fingerprint density at radius 2 is 1.81 bits per heavy atom. The summed E-state index contributed by atoms with van der Waals surface area (Å²) in [4.78, 5) is 19.9. The zero-order valence-corrected chi connectivity index (χ0v) is 19.1. The van der Waals surface area contributed by atoms with Crippen molar-refractivity contribution in [1.29, 1.82) is 0 Å². The Morgan fingerprint density at radius 1 is 1.06 bits per heavy atom. The first-order chi connectivity index (χ1) is 15.5. The number of β-lactam (4-membered cyclic amide) rings is 1. The fourth-order valence-electron chi connectivity index (χ4n) is 4.65. The second-order valence-corrected chi connectivity index (χ2v) is 8.82. The number of fused-ring (bicyclic) bond motifs is 3. The third-order valence-corrected chi connectivity index (χ3v) is 6.89. The average Bonchev–Trinajstić information content (AvgIpc) is 2.90. The molecule has 2 heterocycles. The summed E-state index contributed by atoms with van der Waals surface area (Å²) in [5.41, 5.74) is 3.35. The molecule has 2 aliphatic rings. The third kappa shape index (κ3) is 3.12. The summed E-state index contributed by atoms with van der Waals surface area (Å²) in [5, 5.41) is 4.67. The Morgan fingerprint density at radius 3 is 2.56 bits per heavy atom. The molecule has 0 radical (unpaired) electrons. The molecule has 162 valence electrons. The topological polar surface area (TPSA) is 53.9 Å². The number of rotatable bonds is 3. The molecule has 2 unspecified atom stereocenters. The van der Waals surface area contributed by atoms with E-state index in [1.165, 1.54) is 0 Å². The summed E-state index contributed by atoms with van der Waals surface area (Å²) in [6.45, 7) is 1.95. The second-order valence-electron chi connectivity index (χ2n) is 8.01. The number of benzene rings is 3. The number of methoxy groups -OCH3 is 1. The molecular weight excluding hydrogens is 445 g/mol. The van der Waals surface area contributed by atoms with E-state index in [0.29, 0.717) is 28.0 Å². The molecule has 0 saturated carbocycles. The number of hydrogen-bond acceptors (Lipinski definition) is 3. The number of amidine groups is 1. The van der Waals surface area contributed by atoms with Gasteiger partial charge in [-0.25, -0.2) is 4.99 Å². The molecule has 7 heteroatoms. The quantitative estimate of drug-likeness (QED) is 0.475. The minimum atomic E-state index is -0.773. The fraction of sp³-hybridized carbons (Fsp3) is 0.200. The molecule has 1 saturated heterocycles. The lowest BCUT2D eigenvalue weighted by Crippen LogP contribution is -2.73. The highest BCUT2D eigenvalue weighted by atomic mass is 35.5. The molecule has 0 aliphatic carbocycles. The van der Waals surface area contributed by atoms with E-state index in [9.17, 15) is 4.79 Å². The van der Waals surface area contributed by atoms with Crippen molar-refractivity contribution < 1.29 is 9.53 Å². The van der Waals surface area contributed by atoms with Crippen LogP contribution < -0.4 is 10.2 Å². The summed E-state index contributed by atoms with van der Waals surface area (Å²) in [7, 11) is 1.57. The van der Waals surface area contributed by atoms with Gasteiger partial charge in [0.2, 0.25) is 0 Å². The van der Waals surface area contributed by atoms with Gasteiger partial charge in [0.1, 0.15) is 11.4 Å². The number of amides is 1. The van der Waals surface area contributed by atoms with Gasteiger partial charge in [-0.2, -0.15) is 0 Å². The van der Waals surface area contributed by atoms with E-state index in [1.54, 1.807) is 7.11 Å². The first-order valence-corrected chi connectivity index (χ1v) is 11.0. The molecule has 1 fully saturated rings. The maximum Gasteiger partial charge on any atom is 0.259 e. The molecule has 3 aromatic rings. The minimum Gasteiger partial charge on any atom is -0.369 e. The normalized spacial score (nSPS) is 23.1. The van der Waals surface area contributed by atoms with Crippen LogP contribution in [-0.2, 0) is 15.1 Å². The van der Waals surface area contributed by atoms with Crippen LogP contribution in [0.25, 0.3) is 0 Å². The van der Waals surface area contributed by atoms with Crippen molar-refractivity contribution >= 4 is 52.0 Å². The molecule has 3 aromatic carbocycles. The van der Waals surface area contributed by atoms with E-state index < -0.39 is 11.6 Å². The summed E-state index contributed by atoms with van der Waals surface area (Å²) in [5.74, 6) is 0.600. The molecular formula is C25H21Cl2N3O2. The first-order valence-electron chi connectivity index (χ1n) is 10.3. The van der Waals surface area contributed by atoms with Gasteiger partial charge < -0.3 is 10.1 Å². The third-order valence-electron chi connectivity index (χ3n) is 6.14. The van der Waals surface area contributed by atoms with Crippen LogP contribution in [0.1, 0.15) is 17.5 Å². The van der Waals surface area contributed by atoms with Gasteiger partial charge in [0.15, 0.2) is 6.10 Å². The highest BCUT2D eigenvalue weighted by Crippen LogP contribution is 2.52. The van der Waals surface area contributed by atoms with Crippen LogP contribution in [0.2, 0.25) is 10.0 Å². The van der Waals surface area contributed by atoms with Crippen molar-refractivity contribution in [2.45, 2.75) is 25.0 Å². The number of anilines is 2. The summed E-state index contributed by atoms with van der Waals surface area (Å²) < 4.78 is 5.73. The Balaban J connectivity index is 1.73. The molecule has 5 nitrogen and oxygen atoms in total. The van der Waals surface area contributed by atoms with Gasteiger partial charge in [-0.05, 0) is 48.4 Å². The summed E-state index contributed by atoms with van der Waals surface area (Å²) >= 11 is 12.7. The number of halogens is 2. The van der Waals surface area contributed by atoms with Gasteiger partial charge in [0.25, 0.3) is 5.91 Å². The van der Waals surface area contributed by atoms with Crippen LogP contribution in [-0.4, -0.2) is 25.0 Å². The lowest BCUT2D eigenvalue weighted by atomic mass is 9.72. The van der Waals surface area contributed by atoms with Crippen LogP contribution in [0.15, 0.2) is 71.7 Å². The molecule has 2 atom stereocenters. The van der Waals surface area contributed by atoms with E-state index in [0.717, 1.165) is 22.5 Å². The number of aliphatic imine (C=N–C) groups is 1. The molecule has 5 rings (SSSR count). The van der Waals surface area contributed by atoms with Crippen LogP contribution in [0, 0.1) is 6.92 Å². The number of ether oxygens (including phenoxy) is 1. The lowest BCUT2D eigenvalue weighted by molar-refractivity contribution is -0.147. The van der Waals surface area contributed by atoms with Crippen LogP contribution in [0.4, 0.5) is 17.1 Å². The van der Waals surface area contributed by atoms with Gasteiger partial charge in [-0.15, -0.1) is 0 Å². The summed E-state index contributed by atoms with van der Waals surface area (Å²) in [6.07, 6.45) is -0.243. The van der Waals surface area contributed by atoms with Crippen molar-refractivity contribution in [1.82, 2.24) is 0 Å². The number of carbonyl (C=O) groups excluding carboxylic acids is 1. The first kappa shape index (κ1) is 21.0. The molecule has 2 aliphatic heterocycles. The Hall–Kier alpha value is -2.86. The Labute approximate surface area is 196 Å². The van der Waals surface area contributed by atoms with Crippen molar-refractivity contribution in [2.24, 2.45) is 4.99 Å². The number of hydrogen-bond donors (Lipinski definition) is 1. The number of nitrogens with one attached hydrogen (secondary N) is 1. The highest BCUT2D eigenvalue weighted by Gasteiger charge is 2.64. The highest BCUT2D eigenvalue weighted by molar-refractivity contribution is 6.34. The van der Waals surface area contributed by atoms with E-state index in [-0.39, 0.29) is 5.91 Å². The van der Waals surface area contributed by atoms with E-state index in [1.807, 2.05) is 78.6 Å². The van der Waals surface area contributed by atoms with E-state index >= 15 is 0 Å². The van der Waals surface area contributed by atoms with Crippen LogP contribution >= 0.6 is 23.2 Å². The van der Waals surface area contributed by atoms with E-state index in [4.69, 9.17) is 32.9 Å². The SMILES string of the molecule is COC1C(=O)N2c3ccccc3NC(=Nc3cccc(C)c3Cl)CC12c1ccc(Cl)cc1. The molecule has 1 amide bonds. The van der Waals surface area contributed by atoms with Gasteiger partial charge in [0.05, 0.1) is 22.1 Å². The Kier molecular flexibility index (Phi) is 5.20. The van der Waals surface area contributed by atoms with Crippen molar-refractivity contribution in [3.63, 3.8) is 0 Å². The van der Waals surface area contributed by atoms with Crippen molar-refractivity contribution in [3.8, 4) is 0 Å². The van der Waals surface area contributed by atoms with Crippen LogP contribution in [0.3, 0.4) is 0 Å². The van der Waals surface area contributed by atoms with E-state index in [2.05, 4.69) is 5.32 Å². The molecule has 32 heavy (non-hydrogen) atoms. The van der Waals surface area contributed by atoms with Crippen molar-refractivity contribution in [2.75, 3.05) is 17.3 Å². The second kappa shape index (κ2) is 7.93. The smallest absolute Gasteiger partial charge is 0.259 e. The predicted octanol–water partition coefficient (Wildman–Crippen LogP) is 6.10. The fourth-order valence-corrected chi connectivity index (χ4v) is 4.95. The maximum atomic E-state index is 13.2. The van der Waals surface area contributed by atoms with Crippen LogP contribution in [0.5, 0.6) is 0 Å².